The van der Waals surface area contributed by atoms with Gasteiger partial charge in [-0.3, -0.25) is 14.5 Å². The van der Waals surface area contributed by atoms with Crippen molar-refractivity contribution in [1.82, 2.24) is 19.7 Å². The summed E-state index contributed by atoms with van der Waals surface area (Å²) in [6.45, 7) is 1.07. The van der Waals surface area contributed by atoms with Crippen LogP contribution in [0.2, 0.25) is 0 Å². The third-order valence-corrected chi connectivity index (χ3v) is 5.34. The lowest BCUT2D eigenvalue weighted by Gasteiger charge is -2.15. The van der Waals surface area contributed by atoms with E-state index in [1.807, 2.05) is 35.0 Å². The van der Waals surface area contributed by atoms with E-state index in [9.17, 15) is 4.79 Å². The van der Waals surface area contributed by atoms with Gasteiger partial charge in [0.15, 0.2) is 0 Å². The summed E-state index contributed by atoms with van der Waals surface area (Å²) in [7, 11) is 3.51. The minimum atomic E-state index is -0.00407. The number of amides is 1. The Kier molecular flexibility index (Phi) is 4.05. The maximum atomic E-state index is 12.7. The van der Waals surface area contributed by atoms with Gasteiger partial charge in [0.1, 0.15) is 5.75 Å². The lowest BCUT2D eigenvalue weighted by Crippen LogP contribution is -2.23. The van der Waals surface area contributed by atoms with Crippen LogP contribution in [-0.2, 0) is 20.1 Å². The second kappa shape index (κ2) is 6.74. The van der Waals surface area contributed by atoms with Crippen molar-refractivity contribution in [2.24, 2.45) is 7.05 Å². The number of carbonyl (C=O) groups is 1. The fourth-order valence-corrected chi connectivity index (χ4v) is 3.87. The van der Waals surface area contributed by atoms with Crippen molar-refractivity contribution in [2.45, 2.75) is 13.1 Å². The topological polar surface area (TPSA) is 60.2 Å². The molecule has 0 saturated carbocycles. The molecule has 144 valence electrons. The summed E-state index contributed by atoms with van der Waals surface area (Å²) in [6, 6.07) is 16.3. The van der Waals surface area contributed by atoms with Crippen LogP contribution in [0.15, 0.2) is 60.9 Å². The summed E-state index contributed by atoms with van der Waals surface area (Å²) in [5.41, 5.74) is 5.79. The van der Waals surface area contributed by atoms with Crippen molar-refractivity contribution in [3.8, 4) is 16.9 Å². The highest BCUT2D eigenvalue weighted by Crippen LogP contribution is 2.29. The van der Waals surface area contributed by atoms with Crippen molar-refractivity contribution in [1.29, 1.82) is 0 Å². The molecule has 0 spiro atoms. The summed E-state index contributed by atoms with van der Waals surface area (Å²) in [5.74, 6) is 0.600. The number of rotatable bonds is 4. The van der Waals surface area contributed by atoms with Crippen LogP contribution < -0.4 is 4.74 Å². The van der Waals surface area contributed by atoms with E-state index in [-0.39, 0.29) is 5.91 Å². The maximum Gasteiger partial charge on any atom is 0.256 e. The van der Waals surface area contributed by atoms with E-state index >= 15 is 0 Å². The first kappa shape index (κ1) is 17.4. The molecule has 5 rings (SSSR count). The zero-order valence-corrected chi connectivity index (χ0v) is 16.3. The first-order chi connectivity index (χ1) is 14.1. The van der Waals surface area contributed by atoms with Gasteiger partial charge in [-0.25, -0.2) is 0 Å². The lowest BCUT2D eigenvalue weighted by atomic mass is 10.0. The number of pyridine rings is 1. The third kappa shape index (κ3) is 3.02. The summed E-state index contributed by atoms with van der Waals surface area (Å²) < 4.78 is 7.02. The molecule has 1 amide bonds. The Labute approximate surface area is 168 Å². The SMILES string of the molecule is COc1cnc2c(c1)C(=O)N(Cc1ccc(-c3cccc4nn(C)cc34)cc1)C2. The molecule has 0 unspecified atom stereocenters. The van der Waals surface area contributed by atoms with Crippen molar-refractivity contribution in [3.05, 3.63) is 77.7 Å². The molecule has 6 heteroatoms. The molecule has 0 atom stereocenters. The van der Waals surface area contributed by atoms with Crippen LogP contribution >= 0.6 is 0 Å². The second-order valence-electron chi connectivity index (χ2n) is 7.27. The van der Waals surface area contributed by atoms with Crippen molar-refractivity contribution < 1.29 is 9.53 Å². The number of hydrogen-bond acceptors (Lipinski definition) is 4. The van der Waals surface area contributed by atoms with E-state index in [4.69, 9.17) is 4.74 Å². The molecular weight excluding hydrogens is 364 g/mol. The molecule has 4 aromatic rings. The predicted octanol–water partition coefficient (Wildman–Crippen LogP) is 3.80. The molecule has 0 aliphatic carbocycles. The number of benzene rings is 2. The van der Waals surface area contributed by atoms with Gasteiger partial charge in [-0.2, -0.15) is 5.10 Å². The summed E-state index contributed by atoms with van der Waals surface area (Å²) in [5, 5.41) is 5.62. The van der Waals surface area contributed by atoms with Crippen LogP contribution in [0.5, 0.6) is 5.75 Å². The monoisotopic (exact) mass is 384 g/mol. The Morgan fingerprint density at radius 2 is 1.93 bits per heavy atom. The summed E-state index contributed by atoms with van der Waals surface area (Å²) in [4.78, 5) is 18.9. The smallest absolute Gasteiger partial charge is 0.256 e. The van der Waals surface area contributed by atoms with Crippen LogP contribution in [0.25, 0.3) is 22.0 Å². The summed E-state index contributed by atoms with van der Waals surface area (Å²) in [6.07, 6.45) is 3.70. The lowest BCUT2D eigenvalue weighted by molar-refractivity contribution is 0.0766. The molecule has 3 heterocycles. The highest BCUT2D eigenvalue weighted by molar-refractivity contribution is 5.98. The average Bonchev–Trinajstić information content (AvgIpc) is 3.27. The van der Waals surface area contributed by atoms with Crippen molar-refractivity contribution >= 4 is 16.8 Å². The molecule has 0 bridgehead atoms. The fraction of sp³-hybridized carbons (Fsp3) is 0.174. The Morgan fingerprint density at radius 1 is 1.10 bits per heavy atom. The molecule has 0 N–H and O–H groups in total. The minimum Gasteiger partial charge on any atom is -0.495 e. The van der Waals surface area contributed by atoms with Gasteiger partial charge in [-0.1, -0.05) is 36.4 Å². The first-order valence-corrected chi connectivity index (χ1v) is 9.46. The largest absolute Gasteiger partial charge is 0.495 e. The summed E-state index contributed by atoms with van der Waals surface area (Å²) >= 11 is 0. The van der Waals surface area contributed by atoms with E-state index in [0.29, 0.717) is 24.4 Å². The van der Waals surface area contributed by atoms with Gasteiger partial charge in [-0.05, 0) is 28.8 Å². The highest BCUT2D eigenvalue weighted by Gasteiger charge is 2.29. The number of ether oxygens (including phenoxy) is 1. The van der Waals surface area contributed by atoms with Crippen LogP contribution in [-0.4, -0.2) is 32.7 Å². The van der Waals surface area contributed by atoms with Gasteiger partial charge in [0.25, 0.3) is 5.91 Å². The average molecular weight is 384 g/mol. The maximum absolute atomic E-state index is 12.7. The van der Waals surface area contributed by atoms with E-state index in [2.05, 4.69) is 40.4 Å². The van der Waals surface area contributed by atoms with Gasteiger partial charge < -0.3 is 9.64 Å². The van der Waals surface area contributed by atoms with Gasteiger partial charge in [0, 0.05) is 25.2 Å². The molecular formula is C23H20N4O2. The van der Waals surface area contributed by atoms with Crippen molar-refractivity contribution in [3.63, 3.8) is 0 Å². The molecule has 1 aliphatic rings. The van der Waals surface area contributed by atoms with E-state index in [1.54, 1.807) is 19.4 Å². The quantitative estimate of drug-likeness (QED) is 0.537. The number of aryl methyl sites for hydroxylation is 1. The number of fused-ring (bicyclic) bond motifs is 2. The standard InChI is InChI=1S/C23H20N4O2/c1-26-13-20-18(4-3-5-21(20)25-26)16-8-6-15(7-9-16)12-27-14-22-19(23(27)28)10-17(29-2)11-24-22/h3-11,13H,12,14H2,1-2H3. The second-order valence-corrected chi connectivity index (χ2v) is 7.27. The van der Waals surface area contributed by atoms with E-state index in [0.717, 1.165) is 33.3 Å². The zero-order valence-electron chi connectivity index (χ0n) is 16.3. The number of methoxy groups -OCH3 is 1. The molecule has 0 saturated heterocycles. The number of aromatic nitrogens is 3. The Morgan fingerprint density at radius 3 is 2.72 bits per heavy atom. The first-order valence-electron chi connectivity index (χ1n) is 9.46. The van der Waals surface area contributed by atoms with Crippen molar-refractivity contribution in [2.75, 3.05) is 7.11 Å². The number of nitrogens with zero attached hydrogens (tertiary/aromatic N) is 4. The van der Waals surface area contributed by atoms with Crippen LogP contribution in [0.4, 0.5) is 0 Å². The Balaban J connectivity index is 1.38. The van der Waals surface area contributed by atoms with E-state index < -0.39 is 0 Å². The molecule has 0 radical (unpaired) electrons. The predicted molar refractivity (Wildman–Crippen MR) is 111 cm³/mol. The van der Waals surface area contributed by atoms with Crippen LogP contribution in [0.1, 0.15) is 21.6 Å². The third-order valence-electron chi connectivity index (χ3n) is 5.34. The zero-order chi connectivity index (χ0) is 20.0. The molecule has 0 fully saturated rings. The normalized spacial score (nSPS) is 13.2. The number of carbonyl (C=O) groups excluding carboxylic acids is 1. The van der Waals surface area contributed by atoms with E-state index in [1.165, 1.54) is 0 Å². The molecule has 2 aromatic heterocycles. The number of hydrogen-bond donors (Lipinski definition) is 0. The Hall–Kier alpha value is -3.67. The highest BCUT2D eigenvalue weighted by atomic mass is 16.5. The fourth-order valence-electron chi connectivity index (χ4n) is 3.87. The van der Waals surface area contributed by atoms with Gasteiger partial charge in [0.05, 0.1) is 36.6 Å². The molecule has 1 aliphatic heterocycles. The molecule has 2 aromatic carbocycles. The molecule has 6 nitrogen and oxygen atoms in total. The Bertz CT molecular complexity index is 1230. The van der Waals surface area contributed by atoms with Gasteiger partial charge in [-0.15, -0.1) is 0 Å². The van der Waals surface area contributed by atoms with Crippen LogP contribution in [0, 0.1) is 0 Å². The van der Waals surface area contributed by atoms with Crippen LogP contribution in [0.3, 0.4) is 0 Å². The van der Waals surface area contributed by atoms with Gasteiger partial charge in [0.2, 0.25) is 0 Å². The van der Waals surface area contributed by atoms with Gasteiger partial charge >= 0.3 is 0 Å². The molecule has 29 heavy (non-hydrogen) atoms. The minimum absolute atomic E-state index is 0.00407.